The minimum absolute atomic E-state index is 0.0402. The molecule has 0 atom stereocenters. The zero-order valence-corrected chi connectivity index (χ0v) is 29.7. The molecule has 2 heterocycles. The van der Waals surface area contributed by atoms with E-state index < -0.39 is 0 Å². The largest absolute Gasteiger partial charge is 0.455 e. The SMILES string of the molecule is CC1(C)c2ccccc2-c2cc(N(c3ccc(-c4ccc5oc6c7ccccc7ccc6c5c4)cc3)c3ccc4c(c3)sc3ccccc34)ccc21. The van der Waals surface area contributed by atoms with E-state index in [9.17, 15) is 0 Å². The van der Waals surface area contributed by atoms with Crippen LogP contribution < -0.4 is 4.90 Å². The number of thiophene rings is 1. The van der Waals surface area contributed by atoms with Crippen LogP contribution in [0, 0.1) is 0 Å². The summed E-state index contributed by atoms with van der Waals surface area (Å²) in [5.74, 6) is 0. The maximum Gasteiger partial charge on any atom is 0.143 e. The van der Waals surface area contributed by atoms with Crippen molar-refractivity contribution in [3.05, 3.63) is 175 Å². The molecular formula is C49H33NOS. The minimum Gasteiger partial charge on any atom is -0.455 e. The summed E-state index contributed by atoms with van der Waals surface area (Å²) >= 11 is 1.86. The lowest BCUT2D eigenvalue weighted by Crippen LogP contribution is -2.15. The average molecular weight is 684 g/mol. The molecule has 246 valence electrons. The second kappa shape index (κ2) is 10.9. The van der Waals surface area contributed by atoms with Gasteiger partial charge in [-0.05, 0) is 99.4 Å². The van der Waals surface area contributed by atoms with Gasteiger partial charge in [-0.15, -0.1) is 11.3 Å². The van der Waals surface area contributed by atoms with Gasteiger partial charge in [0.2, 0.25) is 0 Å². The Morgan fingerprint density at radius 3 is 2.04 bits per heavy atom. The minimum atomic E-state index is -0.0402. The van der Waals surface area contributed by atoms with Crippen LogP contribution in [0.15, 0.2) is 168 Å². The van der Waals surface area contributed by atoms with Gasteiger partial charge in [0.1, 0.15) is 11.2 Å². The molecular weight excluding hydrogens is 651 g/mol. The fourth-order valence-corrected chi connectivity index (χ4v) is 9.77. The molecule has 0 aliphatic heterocycles. The van der Waals surface area contributed by atoms with E-state index in [1.165, 1.54) is 58.9 Å². The number of fused-ring (bicyclic) bond motifs is 11. The molecule has 0 spiro atoms. The van der Waals surface area contributed by atoms with E-state index in [-0.39, 0.29) is 5.41 Å². The van der Waals surface area contributed by atoms with Crippen molar-refractivity contribution in [3.8, 4) is 22.3 Å². The molecule has 0 fully saturated rings. The number of furan rings is 1. The van der Waals surface area contributed by atoms with Crippen molar-refractivity contribution in [2.45, 2.75) is 19.3 Å². The number of hydrogen-bond donors (Lipinski definition) is 0. The summed E-state index contributed by atoms with van der Waals surface area (Å²) in [6.45, 7) is 4.68. The maximum absolute atomic E-state index is 6.42. The molecule has 0 amide bonds. The number of rotatable bonds is 4. The first-order valence-corrected chi connectivity index (χ1v) is 18.7. The van der Waals surface area contributed by atoms with Crippen LogP contribution in [0.4, 0.5) is 17.1 Å². The van der Waals surface area contributed by atoms with Gasteiger partial charge in [-0.3, -0.25) is 0 Å². The van der Waals surface area contributed by atoms with Crippen LogP contribution in [-0.4, -0.2) is 0 Å². The normalized spacial score (nSPS) is 13.3. The lowest BCUT2D eigenvalue weighted by atomic mass is 9.82. The molecule has 0 saturated carbocycles. The van der Waals surface area contributed by atoms with Gasteiger partial charge in [-0.25, -0.2) is 0 Å². The van der Waals surface area contributed by atoms with Crippen molar-refractivity contribution in [3.63, 3.8) is 0 Å². The summed E-state index contributed by atoms with van der Waals surface area (Å²) < 4.78 is 9.03. The van der Waals surface area contributed by atoms with E-state index in [2.05, 4.69) is 183 Å². The third kappa shape index (κ3) is 4.30. The highest BCUT2D eigenvalue weighted by molar-refractivity contribution is 7.25. The van der Waals surface area contributed by atoms with Gasteiger partial charge in [0.15, 0.2) is 0 Å². The van der Waals surface area contributed by atoms with Gasteiger partial charge in [0.05, 0.1) is 0 Å². The number of anilines is 3. The highest BCUT2D eigenvalue weighted by Crippen LogP contribution is 2.51. The van der Waals surface area contributed by atoms with Gasteiger partial charge in [0.25, 0.3) is 0 Å². The predicted molar refractivity (Wildman–Crippen MR) is 222 cm³/mol. The molecule has 3 heteroatoms. The number of benzene rings is 8. The highest BCUT2D eigenvalue weighted by Gasteiger charge is 2.35. The monoisotopic (exact) mass is 683 g/mol. The standard InChI is InChI=1S/C49H33NOS/c1-49(2)43-13-7-5-11-37(43)41-28-34(22-25-44(41)49)50(35-21-24-39-38-12-6-8-14-46(38)52-47(39)29-35)33-19-15-30(16-20-33)32-18-26-45-42(27-32)40-23-17-31-9-3-4-10-36(31)48(40)51-45/h3-29H,1-2H3. The van der Waals surface area contributed by atoms with Gasteiger partial charge >= 0.3 is 0 Å². The first-order chi connectivity index (χ1) is 25.5. The molecule has 1 aliphatic rings. The Balaban J connectivity index is 1.05. The Labute approximate surface area is 305 Å². The van der Waals surface area contributed by atoms with E-state index >= 15 is 0 Å². The first-order valence-electron chi connectivity index (χ1n) is 17.9. The van der Waals surface area contributed by atoms with Gasteiger partial charge in [-0.1, -0.05) is 117 Å². The molecule has 8 aromatic carbocycles. The summed E-state index contributed by atoms with van der Waals surface area (Å²) in [5.41, 5.74) is 13.0. The number of hydrogen-bond acceptors (Lipinski definition) is 3. The van der Waals surface area contributed by atoms with E-state index in [4.69, 9.17) is 4.42 Å². The first kappa shape index (κ1) is 29.6. The fourth-order valence-electron chi connectivity index (χ4n) is 8.64. The molecule has 52 heavy (non-hydrogen) atoms. The van der Waals surface area contributed by atoms with Gasteiger partial charge in [-0.2, -0.15) is 0 Å². The van der Waals surface area contributed by atoms with Crippen molar-refractivity contribution >= 4 is 81.3 Å². The van der Waals surface area contributed by atoms with E-state index in [1.807, 2.05) is 11.3 Å². The highest BCUT2D eigenvalue weighted by atomic mass is 32.1. The Kier molecular flexibility index (Phi) is 6.21. The van der Waals surface area contributed by atoms with E-state index in [0.717, 1.165) is 44.4 Å². The molecule has 0 radical (unpaired) electrons. The maximum atomic E-state index is 6.42. The van der Waals surface area contributed by atoms with Crippen molar-refractivity contribution in [1.29, 1.82) is 0 Å². The Morgan fingerprint density at radius 2 is 1.13 bits per heavy atom. The molecule has 0 bridgehead atoms. The molecule has 10 aromatic rings. The quantitative estimate of drug-likeness (QED) is 0.184. The second-order valence-electron chi connectivity index (χ2n) is 14.5. The van der Waals surface area contributed by atoms with Gasteiger partial charge < -0.3 is 9.32 Å². The lowest BCUT2D eigenvalue weighted by molar-refractivity contribution is 0.660. The van der Waals surface area contributed by atoms with Crippen LogP contribution >= 0.6 is 11.3 Å². The Bertz CT molecular complexity index is 3050. The van der Waals surface area contributed by atoms with Crippen molar-refractivity contribution < 1.29 is 4.42 Å². The number of nitrogens with zero attached hydrogens (tertiary/aromatic N) is 1. The molecule has 11 rings (SSSR count). The summed E-state index contributed by atoms with van der Waals surface area (Å²) in [4.78, 5) is 2.42. The summed E-state index contributed by atoms with van der Waals surface area (Å²) in [6.07, 6.45) is 0. The van der Waals surface area contributed by atoms with Crippen LogP contribution in [0.5, 0.6) is 0 Å². The molecule has 2 aromatic heterocycles. The molecule has 0 N–H and O–H groups in total. The third-order valence-electron chi connectivity index (χ3n) is 11.3. The van der Waals surface area contributed by atoms with E-state index in [0.29, 0.717) is 0 Å². The second-order valence-corrected chi connectivity index (χ2v) is 15.6. The van der Waals surface area contributed by atoms with Crippen LogP contribution in [0.2, 0.25) is 0 Å². The summed E-state index contributed by atoms with van der Waals surface area (Å²) in [5, 5.41) is 7.25. The lowest BCUT2D eigenvalue weighted by Gasteiger charge is -2.27. The van der Waals surface area contributed by atoms with Crippen molar-refractivity contribution in [2.24, 2.45) is 0 Å². The smallest absolute Gasteiger partial charge is 0.143 e. The fraction of sp³-hybridized carbons (Fsp3) is 0.0612. The third-order valence-corrected chi connectivity index (χ3v) is 12.4. The van der Waals surface area contributed by atoms with Crippen LogP contribution in [0.1, 0.15) is 25.0 Å². The predicted octanol–water partition coefficient (Wildman–Crippen LogP) is 14.6. The zero-order valence-electron chi connectivity index (χ0n) is 28.9. The molecule has 0 saturated heterocycles. The van der Waals surface area contributed by atoms with E-state index in [1.54, 1.807) is 0 Å². The van der Waals surface area contributed by atoms with Crippen LogP contribution in [0.3, 0.4) is 0 Å². The summed E-state index contributed by atoms with van der Waals surface area (Å²) in [6, 6.07) is 60.0. The average Bonchev–Trinajstić information content (AvgIpc) is 3.82. The molecule has 1 aliphatic carbocycles. The molecule has 2 nitrogen and oxygen atoms in total. The molecule has 0 unspecified atom stereocenters. The summed E-state index contributed by atoms with van der Waals surface area (Å²) in [7, 11) is 0. The van der Waals surface area contributed by atoms with Crippen molar-refractivity contribution in [2.75, 3.05) is 4.90 Å². The topological polar surface area (TPSA) is 16.4 Å². The van der Waals surface area contributed by atoms with Gasteiger partial charge in [0, 0.05) is 58.8 Å². The zero-order chi connectivity index (χ0) is 34.6. The van der Waals surface area contributed by atoms with Crippen LogP contribution in [-0.2, 0) is 5.41 Å². The van der Waals surface area contributed by atoms with Crippen molar-refractivity contribution in [1.82, 2.24) is 0 Å². The van der Waals surface area contributed by atoms with Crippen LogP contribution in [0.25, 0.3) is 75.1 Å². The Morgan fingerprint density at radius 1 is 0.462 bits per heavy atom. The Hall–Kier alpha value is -6.16.